The van der Waals surface area contributed by atoms with E-state index in [0.29, 0.717) is 16.2 Å². The summed E-state index contributed by atoms with van der Waals surface area (Å²) in [5.74, 6) is 0.298. The lowest BCUT2D eigenvalue weighted by Crippen LogP contribution is -1.99. The topological polar surface area (TPSA) is 69.9 Å². The Morgan fingerprint density at radius 2 is 1.51 bits per heavy atom. The van der Waals surface area contributed by atoms with Gasteiger partial charge >= 0.3 is 5.97 Å². The zero-order chi connectivity index (χ0) is 24.5. The SMILES string of the molecule is COc1ccc(-n2c3ccc(C(=O)c4cccs4)cc3c3cc(/C(C)=N/OC(C)=O)ccc32)cc1. The molecule has 0 aliphatic heterocycles. The summed E-state index contributed by atoms with van der Waals surface area (Å²) in [6, 6.07) is 23.3. The van der Waals surface area contributed by atoms with Gasteiger partial charge in [-0.2, -0.15) is 0 Å². The average molecular weight is 483 g/mol. The van der Waals surface area contributed by atoms with Crippen molar-refractivity contribution < 1.29 is 19.2 Å². The van der Waals surface area contributed by atoms with Crippen molar-refractivity contribution in [1.29, 1.82) is 0 Å². The van der Waals surface area contributed by atoms with Crippen LogP contribution in [0.1, 0.15) is 34.6 Å². The summed E-state index contributed by atoms with van der Waals surface area (Å²) < 4.78 is 7.48. The van der Waals surface area contributed by atoms with Crippen LogP contribution in [0.3, 0.4) is 0 Å². The summed E-state index contributed by atoms with van der Waals surface area (Å²) in [6.07, 6.45) is 0. The number of oxime groups is 1. The van der Waals surface area contributed by atoms with E-state index in [9.17, 15) is 9.59 Å². The Kier molecular flexibility index (Phi) is 5.93. The number of fused-ring (bicyclic) bond motifs is 3. The Hall–Kier alpha value is -4.23. The number of nitrogens with zero attached hydrogens (tertiary/aromatic N) is 2. The van der Waals surface area contributed by atoms with Crippen molar-refractivity contribution in [3.63, 3.8) is 0 Å². The van der Waals surface area contributed by atoms with Crippen LogP contribution in [0.4, 0.5) is 0 Å². The smallest absolute Gasteiger partial charge is 0.331 e. The van der Waals surface area contributed by atoms with Crippen LogP contribution in [-0.2, 0) is 9.63 Å². The van der Waals surface area contributed by atoms with E-state index in [0.717, 1.165) is 38.8 Å². The van der Waals surface area contributed by atoms with E-state index < -0.39 is 5.97 Å². The van der Waals surface area contributed by atoms with Crippen molar-refractivity contribution >= 4 is 50.6 Å². The maximum atomic E-state index is 13.1. The van der Waals surface area contributed by atoms with E-state index in [1.54, 1.807) is 14.0 Å². The van der Waals surface area contributed by atoms with Crippen molar-refractivity contribution in [1.82, 2.24) is 4.57 Å². The highest BCUT2D eigenvalue weighted by molar-refractivity contribution is 7.12. The molecule has 2 heterocycles. The molecule has 0 bridgehead atoms. The number of methoxy groups -OCH3 is 1. The van der Waals surface area contributed by atoms with Gasteiger partial charge in [-0.15, -0.1) is 11.3 Å². The first-order valence-electron chi connectivity index (χ1n) is 11.0. The average Bonchev–Trinajstić information content (AvgIpc) is 3.53. The van der Waals surface area contributed by atoms with Gasteiger partial charge < -0.3 is 14.1 Å². The molecule has 35 heavy (non-hydrogen) atoms. The van der Waals surface area contributed by atoms with Gasteiger partial charge in [0.1, 0.15) is 5.75 Å². The van der Waals surface area contributed by atoms with E-state index in [4.69, 9.17) is 9.57 Å². The third kappa shape index (κ3) is 4.22. The van der Waals surface area contributed by atoms with E-state index in [1.165, 1.54) is 18.3 Å². The predicted molar refractivity (Wildman–Crippen MR) is 139 cm³/mol. The van der Waals surface area contributed by atoms with Crippen LogP contribution in [0, 0.1) is 0 Å². The van der Waals surface area contributed by atoms with Gasteiger partial charge in [0, 0.05) is 28.9 Å². The number of carbonyl (C=O) groups excluding carboxylic acids is 2. The molecular weight excluding hydrogens is 460 g/mol. The highest BCUT2D eigenvalue weighted by atomic mass is 32.1. The first-order valence-corrected chi connectivity index (χ1v) is 11.9. The molecule has 0 fully saturated rings. The molecule has 5 aromatic rings. The van der Waals surface area contributed by atoms with E-state index in [-0.39, 0.29) is 5.78 Å². The van der Waals surface area contributed by atoms with Crippen molar-refractivity contribution in [2.75, 3.05) is 7.11 Å². The van der Waals surface area contributed by atoms with Crippen molar-refractivity contribution in [3.05, 3.63) is 94.2 Å². The highest BCUT2D eigenvalue weighted by Crippen LogP contribution is 2.34. The van der Waals surface area contributed by atoms with Gasteiger partial charge in [-0.3, -0.25) is 4.79 Å². The molecule has 0 radical (unpaired) electrons. The van der Waals surface area contributed by atoms with Crippen molar-refractivity contribution in [2.45, 2.75) is 13.8 Å². The van der Waals surface area contributed by atoms with Crippen LogP contribution in [0.25, 0.3) is 27.5 Å². The number of ether oxygens (including phenoxy) is 1. The minimum Gasteiger partial charge on any atom is -0.497 e. The Labute approximate surface area is 206 Å². The number of aromatic nitrogens is 1. The normalized spacial score (nSPS) is 11.7. The van der Waals surface area contributed by atoms with Gasteiger partial charge in [-0.1, -0.05) is 17.3 Å². The molecule has 0 atom stereocenters. The number of hydrogen-bond donors (Lipinski definition) is 0. The van der Waals surface area contributed by atoms with Crippen LogP contribution >= 0.6 is 11.3 Å². The van der Waals surface area contributed by atoms with Crippen LogP contribution in [0.15, 0.2) is 83.3 Å². The number of hydrogen-bond acceptors (Lipinski definition) is 6. The lowest BCUT2D eigenvalue weighted by atomic mass is 10.0. The van der Waals surface area contributed by atoms with E-state index in [1.807, 2.05) is 78.2 Å². The molecule has 3 aromatic carbocycles. The zero-order valence-electron chi connectivity index (χ0n) is 19.4. The lowest BCUT2D eigenvalue weighted by molar-refractivity contribution is -0.140. The summed E-state index contributed by atoms with van der Waals surface area (Å²) in [7, 11) is 1.64. The van der Waals surface area contributed by atoms with E-state index in [2.05, 4.69) is 9.72 Å². The Balaban J connectivity index is 1.74. The molecule has 0 saturated carbocycles. The van der Waals surface area contributed by atoms with Crippen molar-refractivity contribution in [3.8, 4) is 11.4 Å². The highest BCUT2D eigenvalue weighted by Gasteiger charge is 2.17. The van der Waals surface area contributed by atoms with Crippen LogP contribution in [0.2, 0.25) is 0 Å². The molecule has 5 rings (SSSR count). The second-order valence-electron chi connectivity index (χ2n) is 8.06. The first kappa shape index (κ1) is 22.6. The zero-order valence-corrected chi connectivity index (χ0v) is 20.3. The summed E-state index contributed by atoms with van der Waals surface area (Å²) in [4.78, 5) is 29.8. The molecule has 0 aliphatic carbocycles. The summed E-state index contributed by atoms with van der Waals surface area (Å²) in [6.45, 7) is 3.10. The minimum absolute atomic E-state index is 0.00370. The monoisotopic (exact) mass is 482 g/mol. The molecule has 2 aromatic heterocycles. The quantitative estimate of drug-likeness (QED) is 0.122. The number of carbonyl (C=O) groups is 2. The fraction of sp³-hybridized carbons (Fsp3) is 0.107. The molecule has 0 aliphatic rings. The minimum atomic E-state index is -0.474. The van der Waals surface area contributed by atoms with Gasteiger partial charge in [0.15, 0.2) is 0 Å². The van der Waals surface area contributed by atoms with Crippen molar-refractivity contribution in [2.24, 2.45) is 5.16 Å². The number of benzene rings is 3. The van der Waals surface area contributed by atoms with Gasteiger partial charge in [-0.05, 0) is 78.5 Å². The van der Waals surface area contributed by atoms with Gasteiger partial charge in [-0.25, -0.2) is 4.79 Å². The third-order valence-corrected chi connectivity index (χ3v) is 6.70. The molecule has 0 amide bonds. The second-order valence-corrected chi connectivity index (χ2v) is 9.01. The second kappa shape index (κ2) is 9.19. The fourth-order valence-electron chi connectivity index (χ4n) is 4.13. The molecular formula is C28H22N2O4S. The molecule has 0 spiro atoms. The third-order valence-electron chi connectivity index (χ3n) is 5.83. The number of rotatable bonds is 6. The lowest BCUT2D eigenvalue weighted by Gasteiger charge is -2.09. The predicted octanol–water partition coefficient (Wildman–Crippen LogP) is 6.37. The summed E-state index contributed by atoms with van der Waals surface area (Å²) in [5.41, 5.74) is 4.96. The maximum Gasteiger partial charge on any atom is 0.331 e. The molecule has 174 valence electrons. The fourth-order valence-corrected chi connectivity index (χ4v) is 4.82. The Bertz CT molecular complexity index is 1600. The molecule has 6 nitrogen and oxygen atoms in total. The van der Waals surface area contributed by atoms with Crippen LogP contribution in [0.5, 0.6) is 5.75 Å². The van der Waals surface area contributed by atoms with Gasteiger partial charge in [0.2, 0.25) is 5.78 Å². The van der Waals surface area contributed by atoms with Gasteiger partial charge in [0.25, 0.3) is 0 Å². The number of ketones is 1. The van der Waals surface area contributed by atoms with Gasteiger partial charge in [0.05, 0.1) is 28.7 Å². The number of thiophene rings is 1. The van der Waals surface area contributed by atoms with Crippen LogP contribution in [-0.4, -0.2) is 29.1 Å². The molecule has 0 N–H and O–H groups in total. The van der Waals surface area contributed by atoms with E-state index >= 15 is 0 Å². The maximum absolute atomic E-state index is 13.1. The molecule has 0 unspecified atom stereocenters. The summed E-state index contributed by atoms with van der Waals surface area (Å²) in [5, 5.41) is 7.75. The first-order chi connectivity index (χ1) is 17.0. The molecule has 7 heteroatoms. The molecule has 0 saturated heterocycles. The summed E-state index contributed by atoms with van der Waals surface area (Å²) >= 11 is 1.43. The Morgan fingerprint density at radius 1 is 0.857 bits per heavy atom. The largest absolute Gasteiger partial charge is 0.497 e. The Morgan fingerprint density at radius 3 is 2.11 bits per heavy atom. The standard InChI is InChI=1S/C28H22N2O4S/c1-17(29-34-18(2)31)19-6-12-25-23(15-19)24-16-20(28(32)27-5-4-14-35-27)7-13-26(24)30(25)21-8-10-22(33-3)11-9-21/h4-16H,1-3H3/b29-17+. The van der Waals surface area contributed by atoms with Crippen LogP contribution < -0.4 is 4.74 Å².